The summed E-state index contributed by atoms with van der Waals surface area (Å²) in [6.45, 7) is 5.61. The van der Waals surface area contributed by atoms with E-state index in [0.29, 0.717) is 77.9 Å². The van der Waals surface area contributed by atoms with E-state index in [1.165, 1.54) is 74.6 Å². The summed E-state index contributed by atoms with van der Waals surface area (Å²) in [6.07, 6.45) is 3.51. The van der Waals surface area contributed by atoms with Crippen LogP contribution >= 0.6 is 45.6 Å². The van der Waals surface area contributed by atoms with Gasteiger partial charge in [-0.05, 0) is 121 Å². The minimum atomic E-state index is -2.10. The Morgan fingerprint density at radius 1 is 0.512 bits per heavy atom. The zero-order valence-electron chi connectivity index (χ0n) is 46.3. The van der Waals surface area contributed by atoms with Crippen LogP contribution in [0.1, 0.15) is 77.4 Å². The van der Waals surface area contributed by atoms with Crippen molar-refractivity contribution in [3.63, 3.8) is 0 Å². The second-order valence-electron chi connectivity index (χ2n) is 19.0. The first-order chi connectivity index (χ1) is 39.6. The molecule has 3 unspecified atom stereocenters. The highest BCUT2D eigenvalue weighted by Crippen LogP contribution is 2.48. The van der Waals surface area contributed by atoms with Crippen LogP contribution in [0, 0.1) is 26.6 Å². The fourth-order valence-corrected chi connectivity index (χ4v) is 12.9. The second kappa shape index (κ2) is 25.7. The normalized spacial score (nSPS) is 12.6. The molecule has 19 heteroatoms. The molecule has 3 atom stereocenters. The monoisotopic (exact) mass is 1180 g/mol. The standard InChI is InChI=1S/C63H57ClFN3O11S3/c1-35-32-66-60(80-35)46(38-14-10-15-39(22-38)57-48(72-4)16-11-17-49(57)73-5)30-55(70)79-63(62-68-34-37(3)82-62,43-24-42(25-44(64)28-43)59-52(76-8)20-13-21-53(59)77-9)31-56(71)78-54(69)29-47(61-67-33-36(2)81-61)40-23-41(27-45(65)26-40)58-50(74-6)18-12-19-51(58)75-7/h10-28,32-34,46-47H,29-31H2,1-9H3. The van der Waals surface area contributed by atoms with Crippen LogP contribution in [0.25, 0.3) is 33.4 Å². The zero-order chi connectivity index (χ0) is 58.2. The highest BCUT2D eigenvalue weighted by Gasteiger charge is 2.46. The number of methoxy groups -OCH3 is 6. The first-order valence-corrected chi connectivity index (χ1v) is 28.5. The molecular weight excluding hydrogens is 1130 g/mol. The van der Waals surface area contributed by atoms with E-state index in [1.54, 1.807) is 93.5 Å². The lowest BCUT2D eigenvalue weighted by Crippen LogP contribution is -2.38. The van der Waals surface area contributed by atoms with Crippen LogP contribution in [-0.4, -0.2) is 75.5 Å². The van der Waals surface area contributed by atoms with Crippen molar-refractivity contribution in [3.05, 3.63) is 191 Å². The molecule has 0 amide bonds. The van der Waals surface area contributed by atoms with E-state index in [9.17, 15) is 4.79 Å². The van der Waals surface area contributed by atoms with Crippen molar-refractivity contribution in [2.45, 2.75) is 57.5 Å². The molecule has 0 saturated carbocycles. The van der Waals surface area contributed by atoms with Crippen LogP contribution in [0.15, 0.2) is 134 Å². The predicted octanol–water partition coefficient (Wildman–Crippen LogP) is 14.5. The third kappa shape index (κ3) is 12.6. The number of hydrogen-bond acceptors (Lipinski definition) is 17. The Kier molecular flexibility index (Phi) is 18.4. The van der Waals surface area contributed by atoms with Gasteiger partial charge in [0.15, 0.2) is 5.60 Å². The number of ether oxygens (including phenoxy) is 8. The first kappa shape index (κ1) is 58.5. The average Bonchev–Trinajstić information content (AvgIpc) is 3.65. The quantitative estimate of drug-likeness (QED) is 0.0465. The average molecular weight is 1180 g/mol. The molecule has 0 aliphatic rings. The molecule has 0 aliphatic carbocycles. The van der Waals surface area contributed by atoms with Crippen molar-refractivity contribution in [3.8, 4) is 67.9 Å². The van der Waals surface area contributed by atoms with Crippen LogP contribution in [0.3, 0.4) is 0 Å². The van der Waals surface area contributed by atoms with Gasteiger partial charge in [-0.3, -0.25) is 14.4 Å². The Morgan fingerprint density at radius 2 is 0.963 bits per heavy atom. The molecule has 6 aromatic carbocycles. The van der Waals surface area contributed by atoms with Crippen LogP contribution in [0.5, 0.6) is 34.5 Å². The Labute approximate surface area is 491 Å². The Bertz CT molecular complexity index is 3740. The zero-order valence-corrected chi connectivity index (χ0v) is 49.5. The highest BCUT2D eigenvalue weighted by molar-refractivity contribution is 7.12. The summed E-state index contributed by atoms with van der Waals surface area (Å²) >= 11 is 11.0. The lowest BCUT2D eigenvalue weighted by molar-refractivity contribution is -0.168. The van der Waals surface area contributed by atoms with E-state index in [1.807, 2.05) is 63.2 Å². The van der Waals surface area contributed by atoms with Gasteiger partial charge in [0.2, 0.25) is 0 Å². The van der Waals surface area contributed by atoms with Crippen LogP contribution in [0.2, 0.25) is 5.02 Å². The van der Waals surface area contributed by atoms with Crippen LogP contribution in [0.4, 0.5) is 4.39 Å². The number of hydrogen-bond donors (Lipinski definition) is 0. The maximum atomic E-state index is 15.9. The fraction of sp³-hybridized carbons (Fsp3) is 0.238. The molecule has 0 saturated heterocycles. The van der Waals surface area contributed by atoms with Crippen molar-refractivity contribution in [1.29, 1.82) is 0 Å². The van der Waals surface area contributed by atoms with E-state index in [4.69, 9.17) is 59.5 Å². The van der Waals surface area contributed by atoms with E-state index >= 15 is 14.0 Å². The van der Waals surface area contributed by atoms with Crippen LogP contribution < -0.4 is 28.4 Å². The first-order valence-electron chi connectivity index (χ1n) is 25.7. The Morgan fingerprint density at radius 3 is 1.45 bits per heavy atom. The number of esters is 3. The van der Waals surface area contributed by atoms with E-state index < -0.39 is 54.0 Å². The molecule has 0 N–H and O–H groups in total. The van der Waals surface area contributed by atoms with Gasteiger partial charge >= 0.3 is 17.9 Å². The molecule has 3 heterocycles. The lowest BCUT2D eigenvalue weighted by atomic mass is 9.87. The molecule has 0 bridgehead atoms. The highest BCUT2D eigenvalue weighted by atomic mass is 35.5. The molecule has 0 spiro atoms. The van der Waals surface area contributed by atoms with Gasteiger partial charge in [0.25, 0.3) is 0 Å². The number of benzene rings is 6. The number of carbonyl (C=O) groups excluding carboxylic acids is 3. The summed E-state index contributed by atoms with van der Waals surface area (Å²) < 4.78 is 63.2. The number of rotatable bonds is 22. The van der Waals surface area contributed by atoms with Crippen molar-refractivity contribution >= 4 is 63.5 Å². The van der Waals surface area contributed by atoms with Gasteiger partial charge in [-0.25, -0.2) is 19.3 Å². The summed E-state index contributed by atoms with van der Waals surface area (Å²) in [5, 5.41) is 1.48. The maximum absolute atomic E-state index is 15.9. The number of thiazole rings is 3. The van der Waals surface area contributed by atoms with E-state index in [0.717, 1.165) is 25.8 Å². The summed E-state index contributed by atoms with van der Waals surface area (Å²) in [5.41, 5.74) is 2.60. The molecule has 3 aromatic heterocycles. The largest absolute Gasteiger partial charge is 0.496 e. The Hall–Kier alpha value is -8.16. The number of aryl methyl sites for hydroxylation is 3. The smallest absolute Gasteiger partial charge is 0.318 e. The molecular formula is C63H57ClFN3O11S3. The summed E-state index contributed by atoms with van der Waals surface area (Å²) in [4.78, 5) is 61.6. The van der Waals surface area contributed by atoms with Crippen molar-refractivity contribution in [2.75, 3.05) is 42.7 Å². The molecule has 422 valence electrons. The lowest BCUT2D eigenvalue weighted by Gasteiger charge is -2.32. The predicted molar refractivity (Wildman–Crippen MR) is 316 cm³/mol. The molecule has 0 aliphatic heterocycles. The van der Waals surface area contributed by atoms with Crippen LogP contribution in [-0.2, 0) is 29.5 Å². The molecule has 9 aromatic rings. The Balaban J connectivity index is 1.14. The van der Waals surface area contributed by atoms with Gasteiger partial charge in [-0.2, -0.15) is 0 Å². The van der Waals surface area contributed by atoms with Crippen molar-refractivity contribution < 1.29 is 56.7 Å². The molecule has 0 radical (unpaired) electrons. The minimum absolute atomic E-state index is 0.185. The molecule has 9 rings (SSSR count). The van der Waals surface area contributed by atoms with E-state index in [2.05, 4.69) is 4.98 Å². The van der Waals surface area contributed by atoms with Crippen molar-refractivity contribution in [2.24, 2.45) is 0 Å². The number of aromatic nitrogens is 3. The van der Waals surface area contributed by atoms with E-state index in [-0.39, 0.29) is 22.0 Å². The van der Waals surface area contributed by atoms with Gasteiger partial charge in [0.05, 0.1) is 78.6 Å². The third-order valence-electron chi connectivity index (χ3n) is 13.6. The topological polar surface area (TPSA) is 164 Å². The maximum Gasteiger partial charge on any atom is 0.318 e. The van der Waals surface area contributed by atoms with Gasteiger partial charge in [0, 0.05) is 55.6 Å². The fourth-order valence-electron chi connectivity index (χ4n) is 9.96. The number of carbonyl (C=O) groups is 3. The number of halogens is 2. The van der Waals surface area contributed by atoms with Gasteiger partial charge in [-0.1, -0.05) is 54.1 Å². The SMILES string of the molecule is COc1cccc(OC)c1-c1cc(F)cc(C(CC(=O)OC(=O)CC(OC(=O)CC(c2cccc(-c3c(OC)cccc3OC)c2)c2ncc(C)s2)(c2cc(Cl)cc(-c3c(OC)cccc3OC)c2)c2ncc(C)s2)c2ncc(C)s2)c1. The summed E-state index contributed by atoms with van der Waals surface area (Å²) in [7, 11) is 9.22. The summed E-state index contributed by atoms with van der Waals surface area (Å²) in [5.74, 6) is -2.04. The number of nitrogens with zero attached hydrogens (tertiary/aromatic N) is 3. The van der Waals surface area contributed by atoms with Gasteiger partial charge < -0.3 is 37.9 Å². The third-order valence-corrected chi connectivity index (χ3v) is 16.9. The van der Waals surface area contributed by atoms with Gasteiger partial charge in [0.1, 0.15) is 55.3 Å². The second-order valence-corrected chi connectivity index (χ2v) is 23.2. The van der Waals surface area contributed by atoms with Gasteiger partial charge in [-0.15, -0.1) is 34.0 Å². The molecule has 14 nitrogen and oxygen atoms in total. The van der Waals surface area contributed by atoms with Crippen molar-refractivity contribution in [1.82, 2.24) is 15.0 Å². The molecule has 0 fully saturated rings. The summed E-state index contributed by atoms with van der Waals surface area (Å²) in [6, 6.07) is 33.1. The molecule has 82 heavy (non-hydrogen) atoms. The minimum Gasteiger partial charge on any atom is -0.496 e.